The fourth-order valence-electron chi connectivity index (χ4n) is 3.08. The number of amides is 1. The quantitative estimate of drug-likeness (QED) is 0.449. The lowest BCUT2D eigenvalue weighted by atomic mass is 10.2. The number of hydrazone groups is 1. The average molecular weight is 381 g/mol. The number of rotatable bonds is 7. The summed E-state index contributed by atoms with van der Waals surface area (Å²) in [5, 5.41) is 14.7. The van der Waals surface area contributed by atoms with Gasteiger partial charge in [-0.05, 0) is 5.56 Å². The second-order valence-electron chi connectivity index (χ2n) is 6.68. The molecule has 1 saturated heterocycles. The number of hydrogen-bond donors (Lipinski definition) is 1. The Morgan fingerprint density at radius 2 is 1.79 bits per heavy atom. The Morgan fingerprint density at radius 3 is 2.50 bits per heavy atom. The summed E-state index contributed by atoms with van der Waals surface area (Å²) < 4.78 is 0. The highest BCUT2D eigenvalue weighted by atomic mass is 16.6. The van der Waals surface area contributed by atoms with Gasteiger partial charge in [-0.3, -0.25) is 24.7 Å². The van der Waals surface area contributed by atoms with Gasteiger partial charge in [-0.2, -0.15) is 5.10 Å². The van der Waals surface area contributed by atoms with Crippen LogP contribution < -0.4 is 5.43 Å². The molecule has 0 saturated carbocycles. The Labute approximate surface area is 163 Å². The fourth-order valence-corrected chi connectivity index (χ4v) is 3.08. The molecule has 0 aliphatic carbocycles. The number of hydrogen-bond acceptors (Lipinski definition) is 6. The van der Waals surface area contributed by atoms with Gasteiger partial charge in [0.15, 0.2) is 0 Å². The van der Waals surface area contributed by atoms with Crippen molar-refractivity contribution in [1.29, 1.82) is 0 Å². The smallest absolute Gasteiger partial charge is 0.270 e. The van der Waals surface area contributed by atoms with Gasteiger partial charge in [-0.15, -0.1) is 0 Å². The van der Waals surface area contributed by atoms with E-state index in [2.05, 4.69) is 32.5 Å². The second-order valence-corrected chi connectivity index (χ2v) is 6.68. The van der Waals surface area contributed by atoms with Crippen molar-refractivity contribution in [2.75, 3.05) is 32.7 Å². The number of carbonyl (C=O) groups excluding carboxylic acids is 1. The average Bonchev–Trinajstić information content (AvgIpc) is 2.70. The van der Waals surface area contributed by atoms with Crippen LogP contribution in [0, 0.1) is 10.1 Å². The predicted octanol–water partition coefficient (Wildman–Crippen LogP) is 1.86. The summed E-state index contributed by atoms with van der Waals surface area (Å²) in [5.74, 6) is -0.196. The van der Waals surface area contributed by atoms with Crippen LogP contribution in [0.5, 0.6) is 0 Å². The molecule has 2 aromatic carbocycles. The van der Waals surface area contributed by atoms with Gasteiger partial charge in [0, 0.05) is 50.4 Å². The summed E-state index contributed by atoms with van der Waals surface area (Å²) in [4.78, 5) is 26.8. The van der Waals surface area contributed by atoms with Gasteiger partial charge in [0.2, 0.25) is 0 Å². The fraction of sp³-hybridized carbons (Fsp3) is 0.300. The predicted molar refractivity (Wildman–Crippen MR) is 107 cm³/mol. The Morgan fingerprint density at radius 1 is 1.07 bits per heavy atom. The zero-order chi connectivity index (χ0) is 19.8. The molecule has 1 N–H and O–H groups in total. The molecule has 0 bridgehead atoms. The van der Waals surface area contributed by atoms with E-state index < -0.39 is 4.92 Å². The maximum atomic E-state index is 12.1. The van der Waals surface area contributed by atoms with E-state index in [1.165, 1.54) is 23.9 Å². The lowest BCUT2D eigenvalue weighted by molar-refractivity contribution is -0.384. The minimum Gasteiger partial charge on any atom is -0.297 e. The van der Waals surface area contributed by atoms with Crippen LogP contribution in [0.1, 0.15) is 11.1 Å². The van der Waals surface area contributed by atoms with Crippen molar-refractivity contribution < 1.29 is 9.72 Å². The van der Waals surface area contributed by atoms with Crippen molar-refractivity contribution in [2.24, 2.45) is 5.10 Å². The molecule has 1 heterocycles. The molecule has 0 atom stereocenters. The molecule has 28 heavy (non-hydrogen) atoms. The Hall–Kier alpha value is -3.10. The van der Waals surface area contributed by atoms with E-state index in [9.17, 15) is 14.9 Å². The highest BCUT2D eigenvalue weighted by Gasteiger charge is 2.18. The van der Waals surface area contributed by atoms with Crippen LogP contribution in [0.4, 0.5) is 5.69 Å². The minimum atomic E-state index is -0.465. The summed E-state index contributed by atoms with van der Waals surface area (Å²) in [6, 6.07) is 16.4. The highest BCUT2D eigenvalue weighted by molar-refractivity contribution is 5.83. The van der Waals surface area contributed by atoms with Crippen molar-refractivity contribution >= 4 is 17.8 Å². The number of benzene rings is 2. The molecule has 3 rings (SSSR count). The molecule has 1 amide bonds. The van der Waals surface area contributed by atoms with Crippen LogP contribution in [0.25, 0.3) is 0 Å². The van der Waals surface area contributed by atoms with E-state index in [1.54, 1.807) is 12.1 Å². The van der Waals surface area contributed by atoms with Crippen LogP contribution in [0.15, 0.2) is 59.7 Å². The van der Waals surface area contributed by atoms with Crippen molar-refractivity contribution in [2.45, 2.75) is 6.54 Å². The van der Waals surface area contributed by atoms with E-state index >= 15 is 0 Å². The standard InChI is InChI=1S/C20H23N5O3/c26-20(22-21-14-18-7-4-8-19(13-18)25(27)28)16-24-11-9-23(10-12-24)15-17-5-2-1-3-6-17/h1-8,13-14H,9-12,15-16H2,(H,22,26)/b21-14-. The van der Waals surface area contributed by atoms with E-state index in [0.717, 1.165) is 32.7 Å². The van der Waals surface area contributed by atoms with Crippen molar-refractivity contribution in [3.05, 3.63) is 75.8 Å². The number of nitro groups is 1. The third-order valence-corrected chi connectivity index (χ3v) is 4.57. The zero-order valence-corrected chi connectivity index (χ0v) is 15.5. The van der Waals surface area contributed by atoms with Crippen molar-refractivity contribution in [1.82, 2.24) is 15.2 Å². The van der Waals surface area contributed by atoms with E-state index in [1.807, 2.05) is 18.2 Å². The normalized spacial score (nSPS) is 15.6. The van der Waals surface area contributed by atoms with E-state index in [0.29, 0.717) is 5.56 Å². The van der Waals surface area contributed by atoms with Crippen LogP contribution in [0.3, 0.4) is 0 Å². The SMILES string of the molecule is O=C(CN1CCN(Cc2ccccc2)CC1)N/N=C\c1cccc([N+](=O)[O-])c1. The van der Waals surface area contributed by atoms with Gasteiger partial charge in [0.05, 0.1) is 17.7 Å². The number of nitrogens with zero attached hydrogens (tertiary/aromatic N) is 4. The number of piperazine rings is 1. The first-order chi connectivity index (χ1) is 13.6. The topological polar surface area (TPSA) is 91.1 Å². The number of nitrogens with one attached hydrogen (secondary N) is 1. The third-order valence-electron chi connectivity index (χ3n) is 4.57. The van der Waals surface area contributed by atoms with Crippen LogP contribution in [-0.2, 0) is 11.3 Å². The molecule has 0 spiro atoms. The molecule has 146 valence electrons. The summed E-state index contributed by atoms with van der Waals surface area (Å²) >= 11 is 0. The molecule has 1 aliphatic rings. The molecule has 1 fully saturated rings. The molecule has 8 heteroatoms. The minimum absolute atomic E-state index is 0.0105. The summed E-state index contributed by atoms with van der Waals surface area (Å²) in [6.07, 6.45) is 1.41. The molecule has 2 aromatic rings. The van der Waals surface area contributed by atoms with Gasteiger partial charge in [0.1, 0.15) is 0 Å². The van der Waals surface area contributed by atoms with Gasteiger partial charge in [-0.25, -0.2) is 5.43 Å². The molecular formula is C20H23N5O3. The first-order valence-electron chi connectivity index (χ1n) is 9.15. The molecule has 8 nitrogen and oxygen atoms in total. The van der Waals surface area contributed by atoms with Crippen LogP contribution >= 0.6 is 0 Å². The first-order valence-corrected chi connectivity index (χ1v) is 9.15. The second kappa shape index (κ2) is 9.72. The number of non-ortho nitro benzene ring substituents is 1. The number of nitro benzene ring substituents is 1. The van der Waals surface area contributed by atoms with E-state index in [4.69, 9.17) is 0 Å². The van der Waals surface area contributed by atoms with E-state index in [-0.39, 0.29) is 18.1 Å². The Balaban J connectivity index is 1.40. The lowest BCUT2D eigenvalue weighted by Gasteiger charge is -2.34. The zero-order valence-electron chi connectivity index (χ0n) is 15.5. The molecule has 0 aromatic heterocycles. The monoisotopic (exact) mass is 381 g/mol. The maximum Gasteiger partial charge on any atom is 0.270 e. The van der Waals surface area contributed by atoms with Gasteiger partial charge in [-0.1, -0.05) is 42.5 Å². The highest BCUT2D eigenvalue weighted by Crippen LogP contribution is 2.11. The van der Waals surface area contributed by atoms with Crippen LogP contribution in [0.2, 0.25) is 0 Å². The van der Waals surface area contributed by atoms with Crippen molar-refractivity contribution in [3.8, 4) is 0 Å². The molecular weight excluding hydrogens is 358 g/mol. The molecule has 0 unspecified atom stereocenters. The Bertz CT molecular complexity index is 833. The molecule has 0 radical (unpaired) electrons. The number of carbonyl (C=O) groups is 1. The summed E-state index contributed by atoms with van der Waals surface area (Å²) in [5.41, 5.74) is 4.33. The maximum absolute atomic E-state index is 12.1. The summed E-state index contributed by atoms with van der Waals surface area (Å²) in [7, 11) is 0. The largest absolute Gasteiger partial charge is 0.297 e. The lowest BCUT2D eigenvalue weighted by Crippen LogP contribution is -2.48. The third kappa shape index (κ3) is 5.97. The summed E-state index contributed by atoms with van der Waals surface area (Å²) in [6.45, 7) is 4.70. The first kappa shape index (κ1) is 19.7. The van der Waals surface area contributed by atoms with Gasteiger partial charge >= 0.3 is 0 Å². The molecule has 1 aliphatic heterocycles. The van der Waals surface area contributed by atoms with Gasteiger partial charge < -0.3 is 0 Å². The van der Waals surface area contributed by atoms with Gasteiger partial charge in [0.25, 0.3) is 11.6 Å². The Kier molecular flexibility index (Phi) is 6.83. The van der Waals surface area contributed by atoms with Crippen molar-refractivity contribution in [3.63, 3.8) is 0 Å². The van der Waals surface area contributed by atoms with Crippen LogP contribution in [-0.4, -0.2) is 59.6 Å².